The number of hydrogen-bond acceptors (Lipinski definition) is 12. The molecule has 2 saturated heterocycles. The lowest BCUT2D eigenvalue weighted by molar-refractivity contribution is -0.250. The van der Waals surface area contributed by atoms with E-state index in [1.807, 2.05) is 0 Å². The minimum Gasteiger partial charge on any atom is -0.479 e. The van der Waals surface area contributed by atoms with E-state index >= 15 is 0 Å². The van der Waals surface area contributed by atoms with E-state index in [1.165, 1.54) is 6.92 Å². The Morgan fingerprint density at radius 3 is 2.09 bits per heavy atom. The molecule has 0 aromatic rings. The predicted molar refractivity (Wildman–Crippen MR) is 108 cm³/mol. The van der Waals surface area contributed by atoms with Crippen LogP contribution in [0.25, 0.3) is 0 Å². The second kappa shape index (κ2) is 12.5. The summed E-state index contributed by atoms with van der Waals surface area (Å²) in [6.45, 7) is 0.294. The Balaban J connectivity index is 2.06. The van der Waals surface area contributed by atoms with Crippen molar-refractivity contribution >= 4 is 5.97 Å². The molecule has 0 aromatic heterocycles. The van der Waals surface area contributed by atoms with E-state index in [0.29, 0.717) is 0 Å². The number of aliphatic carboxylic acids is 1. The maximum atomic E-state index is 11.2. The fraction of sp³-hybridized carbons (Fsp3) is 0.947. The first-order chi connectivity index (χ1) is 15.2. The SMILES string of the molecule is CNC1[C@H](O)OC(CO)[C@H](COC[C@@H]2OC(CO)[C@H](O)[C@H](OC(C)C(=O)O)C2NC)[C@@H]1O. The van der Waals surface area contributed by atoms with Crippen LogP contribution in [0.15, 0.2) is 0 Å². The topological polar surface area (TPSA) is 199 Å². The molecule has 0 aromatic carbocycles. The molecule has 0 spiro atoms. The minimum atomic E-state index is -1.29. The fourth-order valence-corrected chi connectivity index (χ4v) is 4.17. The third kappa shape index (κ3) is 6.12. The molecule has 11 atom stereocenters. The molecule has 0 radical (unpaired) electrons. The van der Waals surface area contributed by atoms with Gasteiger partial charge in [-0.25, -0.2) is 4.79 Å². The van der Waals surface area contributed by atoms with Crippen LogP contribution in [0.4, 0.5) is 0 Å². The number of carboxylic acid groups (broad SMARTS) is 1. The van der Waals surface area contributed by atoms with Gasteiger partial charge in [0.2, 0.25) is 0 Å². The van der Waals surface area contributed by atoms with Gasteiger partial charge in [0.15, 0.2) is 12.4 Å². The molecule has 2 aliphatic rings. The maximum absolute atomic E-state index is 11.2. The van der Waals surface area contributed by atoms with Gasteiger partial charge in [0.25, 0.3) is 0 Å². The number of carboxylic acids is 1. The smallest absolute Gasteiger partial charge is 0.332 e. The summed E-state index contributed by atoms with van der Waals surface area (Å²) in [6, 6.07) is -1.44. The Kier molecular flexibility index (Phi) is 10.6. The zero-order valence-corrected chi connectivity index (χ0v) is 18.4. The summed E-state index contributed by atoms with van der Waals surface area (Å²) in [4.78, 5) is 11.2. The number of nitrogens with one attached hydrogen (secondary N) is 2. The van der Waals surface area contributed by atoms with Gasteiger partial charge in [-0.1, -0.05) is 0 Å². The van der Waals surface area contributed by atoms with E-state index in [1.54, 1.807) is 14.1 Å². The maximum Gasteiger partial charge on any atom is 0.332 e. The number of aliphatic hydroxyl groups excluding tert-OH is 5. The van der Waals surface area contributed by atoms with Gasteiger partial charge in [0, 0.05) is 5.92 Å². The zero-order chi connectivity index (χ0) is 24.0. The second-order valence-corrected chi connectivity index (χ2v) is 8.04. The van der Waals surface area contributed by atoms with Crippen LogP contribution >= 0.6 is 0 Å². The Morgan fingerprint density at radius 1 is 0.938 bits per heavy atom. The highest BCUT2D eigenvalue weighted by atomic mass is 16.6. The van der Waals surface area contributed by atoms with Crippen LogP contribution in [0, 0.1) is 5.92 Å². The normalized spacial score (nSPS) is 41.4. The first-order valence-electron chi connectivity index (χ1n) is 10.6. The van der Waals surface area contributed by atoms with Gasteiger partial charge < -0.3 is 60.2 Å². The Labute approximate surface area is 186 Å². The Hall–Kier alpha value is -0.970. The summed E-state index contributed by atoms with van der Waals surface area (Å²) in [6.07, 6.45) is -8.43. The van der Waals surface area contributed by atoms with E-state index in [-0.39, 0.29) is 13.2 Å². The Morgan fingerprint density at radius 2 is 1.56 bits per heavy atom. The van der Waals surface area contributed by atoms with Crippen molar-refractivity contribution in [2.75, 3.05) is 40.5 Å². The summed E-state index contributed by atoms with van der Waals surface area (Å²) in [5.74, 6) is -1.86. The van der Waals surface area contributed by atoms with Crippen molar-refractivity contribution in [3.05, 3.63) is 0 Å². The molecule has 188 valence electrons. The van der Waals surface area contributed by atoms with Crippen molar-refractivity contribution in [2.24, 2.45) is 5.92 Å². The number of aliphatic hydroxyl groups is 5. The summed E-state index contributed by atoms with van der Waals surface area (Å²) < 4.78 is 22.4. The number of rotatable bonds is 11. The third-order valence-corrected chi connectivity index (χ3v) is 6.06. The fourth-order valence-electron chi connectivity index (χ4n) is 4.17. The van der Waals surface area contributed by atoms with Crippen molar-refractivity contribution in [1.29, 1.82) is 0 Å². The molecule has 2 rings (SSSR count). The van der Waals surface area contributed by atoms with Gasteiger partial charge in [0.1, 0.15) is 18.3 Å². The number of carbonyl (C=O) groups is 1. The lowest BCUT2D eigenvalue weighted by atomic mass is 9.88. The van der Waals surface area contributed by atoms with Gasteiger partial charge in [-0.3, -0.25) is 0 Å². The van der Waals surface area contributed by atoms with Crippen LogP contribution < -0.4 is 10.6 Å². The number of ether oxygens (including phenoxy) is 4. The van der Waals surface area contributed by atoms with E-state index in [0.717, 1.165) is 0 Å². The van der Waals surface area contributed by atoms with E-state index in [2.05, 4.69) is 10.6 Å². The third-order valence-electron chi connectivity index (χ3n) is 6.06. The van der Waals surface area contributed by atoms with Gasteiger partial charge in [-0.05, 0) is 21.0 Å². The highest BCUT2D eigenvalue weighted by Gasteiger charge is 2.47. The molecule has 0 saturated carbocycles. The first-order valence-corrected chi connectivity index (χ1v) is 10.6. The molecule has 2 fully saturated rings. The van der Waals surface area contributed by atoms with Crippen LogP contribution in [0.2, 0.25) is 0 Å². The molecule has 2 heterocycles. The molecule has 13 heteroatoms. The number of likely N-dealkylation sites (N-methyl/N-ethyl adjacent to an activating group) is 2. The van der Waals surface area contributed by atoms with Crippen LogP contribution in [-0.4, -0.2) is 138 Å². The highest BCUT2D eigenvalue weighted by Crippen LogP contribution is 2.28. The lowest BCUT2D eigenvalue weighted by Gasteiger charge is -2.45. The molecule has 8 N–H and O–H groups in total. The lowest BCUT2D eigenvalue weighted by Crippen LogP contribution is -2.65. The Bertz CT molecular complexity index is 585. The second-order valence-electron chi connectivity index (χ2n) is 8.04. The minimum absolute atomic E-state index is 0.0447. The molecule has 0 bridgehead atoms. The van der Waals surface area contributed by atoms with Crippen LogP contribution in [0.1, 0.15) is 6.92 Å². The molecular weight excluding hydrogens is 432 g/mol. The van der Waals surface area contributed by atoms with Crippen molar-refractivity contribution in [1.82, 2.24) is 10.6 Å². The summed E-state index contributed by atoms with van der Waals surface area (Å²) >= 11 is 0. The van der Waals surface area contributed by atoms with E-state index in [4.69, 9.17) is 24.1 Å². The van der Waals surface area contributed by atoms with Crippen LogP contribution in [0.3, 0.4) is 0 Å². The highest BCUT2D eigenvalue weighted by molar-refractivity contribution is 5.71. The van der Waals surface area contributed by atoms with E-state index in [9.17, 15) is 30.3 Å². The molecule has 13 nitrogen and oxygen atoms in total. The van der Waals surface area contributed by atoms with Gasteiger partial charge in [-0.2, -0.15) is 0 Å². The molecular formula is C19H36N2O11. The summed E-state index contributed by atoms with van der Waals surface area (Å²) in [5, 5.41) is 65.0. The monoisotopic (exact) mass is 468 g/mol. The quantitative estimate of drug-likeness (QED) is 0.145. The average Bonchev–Trinajstić information content (AvgIpc) is 2.76. The average molecular weight is 469 g/mol. The van der Waals surface area contributed by atoms with Crippen molar-refractivity contribution in [3.8, 4) is 0 Å². The molecule has 0 amide bonds. The molecule has 5 unspecified atom stereocenters. The molecule has 32 heavy (non-hydrogen) atoms. The van der Waals surface area contributed by atoms with Crippen LogP contribution in [-0.2, 0) is 23.7 Å². The van der Waals surface area contributed by atoms with Gasteiger partial charge >= 0.3 is 5.97 Å². The van der Waals surface area contributed by atoms with Crippen molar-refractivity contribution in [2.45, 2.75) is 68.0 Å². The van der Waals surface area contributed by atoms with Crippen LogP contribution in [0.5, 0.6) is 0 Å². The predicted octanol–water partition coefficient (Wildman–Crippen LogP) is -4.16. The van der Waals surface area contributed by atoms with Crippen molar-refractivity contribution in [3.63, 3.8) is 0 Å². The van der Waals surface area contributed by atoms with Gasteiger partial charge in [-0.15, -0.1) is 0 Å². The summed E-state index contributed by atoms with van der Waals surface area (Å²) in [5.41, 5.74) is 0. The first kappa shape index (κ1) is 27.3. The van der Waals surface area contributed by atoms with Crippen molar-refractivity contribution < 1.29 is 54.4 Å². The van der Waals surface area contributed by atoms with Gasteiger partial charge in [0.05, 0.1) is 56.8 Å². The standard InChI is InChI=1S/C19H36N2O11/c1-8(18(26)27)30-17-13(20-2)12(31-11(5-23)16(17)25)7-29-6-9-10(4-22)32-19(28)14(21-3)15(9)24/h8-17,19-25,28H,4-7H2,1-3H3,(H,26,27)/t8?,9-,10?,11?,12-,13?,14?,15-,16-,17+,19+/m0/s1. The largest absolute Gasteiger partial charge is 0.479 e. The number of hydrogen-bond donors (Lipinski definition) is 8. The molecule has 0 aliphatic carbocycles. The van der Waals surface area contributed by atoms with E-state index < -0.39 is 86.2 Å². The molecule has 2 aliphatic heterocycles. The zero-order valence-electron chi connectivity index (χ0n) is 18.4. The summed E-state index contributed by atoms with van der Waals surface area (Å²) in [7, 11) is 3.15.